The third-order valence-corrected chi connectivity index (χ3v) is 7.63. The van der Waals surface area contributed by atoms with E-state index in [1.165, 1.54) is 23.5 Å². The van der Waals surface area contributed by atoms with Gasteiger partial charge in [-0.1, -0.05) is 0 Å². The molecule has 3 unspecified atom stereocenters. The van der Waals surface area contributed by atoms with E-state index >= 15 is 0 Å². The number of benzene rings is 1. The quantitative estimate of drug-likeness (QED) is 0.772. The second kappa shape index (κ2) is 6.19. The van der Waals surface area contributed by atoms with Crippen molar-refractivity contribution < 1.29 is 22.2 Å². The molecule has 1 aliphatic heterocycles. The number of nitrogens with two attached hydrogens (primary N) is 1. The van der Waals surface area contributed by atoms with Gasteiger partial charge >= 0.3 is 6.43 Å². The molecule has 6 nitrogen and oxygen atoms in total. The summed E-state index contributed by atoms with van der Waals surface area (Å²) >= 11 is 0. The Kier molecular flexibility index (Phi) is 4.41. The van der Waals surface area contributed by atoms with Crippen LogP contribution in [-0.4, -0.2) is 45.0 Å². The van der Waals surface area contributed by atoms with Gasteiger partial charge in [0.05, 0.1) is 15.0 Å². The number of alkyl halides is 2. The van der Waals surface area contributed by atoms with E-state index < -0.39 is 38.6 Å². The van der Waals surface area contributed by atoms with Crippen molar-refractivity contribution in [1.82, 2.24) is 4.31 Å². The molecule has 1 aromatic carbocycles. The molecule has 0 bridgehead atoms. The van der Waals surface area contributed by atoms with Crippen LogP contribution in [0.25, 0.3) is 0 Å². The Morgan fingerprint density at radius 3 is 2.88 bits per heavy atom. The molecule has 26 heavy (non-hydrogen) atoms. The van der Waals surface area contributed by atoms with Crippen LogP contribution in [0.15, 0.2) is 23.2 Å². The van der Waals surface area contributed by atoms with Gasteiger partial charge in [0.1, 0.15) is 11.4 Å². The van der Waals surface area contributed by atoms with Gasteiger partial charge in [0, 0.05) is 18.3 Å². The summed E-state index contributed by atoms with van der Waals surface area (Å²) in [5, 5.41) is 1.45. The second-order valence-corrected chi connectivity index (χ2v) is 8.94. The molecule has 10 heteroatoms. The second-order valence-electron chi connectivity index (χ2n) is 6.45. The van der Waals surface area contributed by atoms with Crippen LogP contribution in [0.5, 0.6) is 0 Å². The molecule has 2 aliphatic rings. The van der Waals surface area contributed by atoms with E-state index in [1.807, 2.05) is 5.32 Å². The number of guanidine groups is 1. The number of aliphatic imine (C=N–C) groups is 1. The van der Waals surface area contributed by atoms with E-state index in [0.29, 0.717) is 19.3 Å². The molecule has 0 aromatic heterocycles. The molecule has 1 aromatic rings. The van der Waals surface area contributed by atoms with Crippen LogP contribution in [0.1, 0.15) is 24.8 Å². The number of hydrogen-bond donors (Lipinski definition) is 2. The Labute approximate surface area is 149 Å². The van der Waals surface area contributed by atoms with Gasteiger partial charge < -0.3 is 11.1 Å². The first-order valence-corrected chi connectivity index (χ1v) is 9.68. The normalized spacial score (nSPS) is 30.9. The highest BCUT2D eigenvalue weighted by molar-refractivity contribution is 7.99. The lowest BCUT2D eigenvalue weighted by Crippen LogP contribution is -2.55. The Morgan fingerprint density at radius 1 is 1.54 bits per heavy atom. The lowest BCUT2D eigenvalue weighted by atomic mass is 9.87. The number of halogens is 3. The lowest BCUT2D eigenvalue weighted by molar-refractivity contribution is -0.126. The zero-order valence-corrected chi connectivity index (χ0v) is 14.9. The van der Waals surface area contributed by atoms with Crippen molar-refractivity contribution in [2.24, 2.45) is 10.7 Å². The molecule has 0 spiro atoms. The number of carbonyl (C=O) groups excluding carboxylic acids is 1. The Bertz CT molecular complexity index is 887. The van der Waals surface area contributed by atoms with E-state index in [-0.39, 0.29) is 17.2 Å². The van der Waals surface area contributed by atoms with Crippen LogP contribution in [-0.2, 0) is 20.0 Å². The molecule has 3 atom stereocenters. The summed E-state index contributed by atoms with van der Waals surface area (Å²) in [6.45, 7) is 0. The number of hydrogen-bond acceptors (Lipinski definition) is 4. The van der Waals surface area contributed by atoms with Gasteiger partial charge in [-0.3, -0.25) is 9.10 Å². The first-order valence-electron chi connectivity index (χ1n) is 7.94. The van der Waals surface area contributed by atoms with Gasteiger partial charge in [-0.15, -0.1) is 0 Å². The van der Waals surface area contributed by atoms with Crippen molar-refractivity contribution in [1.29, 1.82) is 0 Å². The topological polar surface area (TPSA) is 87.8 Å². The fourth-order valence-corrected chi connectivity index (χ4v) is 5.88. The van der Waals surface area contributed by atoms with Gasteiger partial charge in [0.15, 0.2) is 0 Å². The van der Waals surface area contributed by atoms with Gasteiger partial charge in [-0.25, -0.2) is 13.6 Å². The monoisotopic (exact) mass is 388 g/mol. The van der Waals surface area contributed by atoms with E-state index in [0.717, 1.165) is 6.07 Å². The molecule has 1 saturated carbocycles. The number of carbonyl (C=O) groups is 1. The Morgan fingerprint density at radius 2 is 2.23 bits per heavy atom. The molecule has 1 heterocycles. The lowest BCUT2D eigenvalue weighted by Gasteiger charge is -2.42. The van der Waals surface area contributed by atoms with Gasteiger partial charge in [-0.05, 0) is 43.3 Å². The fraction of sp³-hybridized carbons (Fsp3) is 0.438. The van der Waals surface area contributed by atoms with Crippen molar-refractivity contribution in [3.05, 3.63) is 29.6 Å². The third kappa shape index (κ3) is 2.72. The average molecular weight is 388 g/mol. The Hall–Kier alpha value is -2.23. The molecule has 1 amide bonds. The van der Waals surface area contributed by atoms with Crippen LogP contribution in [0.2, 0.25) is 0 Å². The van der Waals surface area contributed by atoms with E-state index in [1.54, 1.807) is 0 Å². The maximum atomic E-state index is 14.7. The smallest absolute Gasteiger partial charge is 0.315 e. The molecule has 1 aliphatic carbocycles. The van der Waals surface area contributed by atoms with Gasteiger partial charge in [0.25, 0.3) is 5.91 Å². The maximum Gasteiger partial charge on any atom is 0.315 e. The number of amides is 1. The highest BCUT2D eigenvalue weighted by atomic mass is 32.2. The predicted octanol–water partition coefficient (Wildman–Crippen LogP) is 1.67. The largest absolute Gasteiger partial charge is 0.369 e. The molecular weight excluding hydrogens is 369 g/mol. The number of nitrogens with zero attached hydrogens (tertiary/aromatic N) is 2. The first-order chi connectivity index (χ1) is 12.1. The summed E-state index contributed by atoms with van der Waals surface area (Å²) in [7, 11) is -1.34. The van der Waals surface area contributed by atoms with Gasteiger partial charge in [0.2, 0.25) is 5.96 Å². The summed E-state index contributed by atoms with van der Waals surface area (Å²) in [6.07, 6.45) is -1.66. The van der Waals surface area contributed by atoms with Crippen molar-refractivity contribution >= 4 is 33.1 Å². The van der Waals surface area contributed by atoms with Gasteiger partial charge in [-0.2, -0.15) is 8.78 Å². The minimum atomic E-state index is -3.20. The highest BCUT2D eigenvalue weighted by Gasteiger charge is 2.54. The molecule has 142 valence electrons. The Balaban J connectivity index is 2.14. The summed E-state index contributed by atoms with van der Waals surface area (Å²) in [4.78, 5) is 15.7. The zero-order chi connectivity index (χ0) is 19.3. The minimum Gasteiger partial charge on any atom is -0.369 e. The molecular formula is C16H19F3N4O2S. The van der Waals surface area contributed by atoms with Crippen LogP contribution < -0.4 is 11.1 Å². The van der Waals surface area contributed by atoms with Crippen molar-refractivity contribution in [3.8, 4) is 0 Å². The van der Waals surface area contributed by atoms with E-state index in [4.69, 9.17) is 5.73 Å². The van der Waals surface area contributed by atoms with Crippen LogP contribution in [0, 0.1) is 5.82 Å². The van der Waals surface area contributed by atoms with E-state index in [9.17, 15) is 22.2 Å². The molecule has 0 saturated heterocycles. The SMILES string of the molecule is C=S1(=O)C2CCCC2(c2cc(NC(=O)C(F)F)ccc2F)N=C(N)N1C. The average Bonchev–Trinajstić information content (AvgIpc) is 3.00. The van der Waals surface area contributed by atoms with Crippen molar-refractivity contribution in [3.63, 3.8) is 0 Å². The van der Waals surface area contributed by atoms with E-state index in [2.05, 4.69) is 10.9 Å². The molecule has 1 fully saturated rings. The van der Waals surface area contributed by atoms with Crippen LogP contribution >= 0.6 is 0 Å². The van der Waals surface area contributed by atoms with Crippen LogP contribution in [0.4, 0.5) is 18.9 Å². The predicted molar refractivity (Wildman–Crippen MR) is 95.0 cm³/mol. The first kappa shape index (κ1) is 18.6. The third-order valence-electron chi connectivity index (χ3n) is 5.00. The molecule has 0 radical (unpaired) electrons. The summed E-state index contributed by atoms with van der Waals surface area (Å²) in [6, 6.07) is 3.50. The number of anilines is 1. The van der Waals surface area contributed by atoms with Crippen molar-refractivity contribution in [2.45, 2.75) is 36.5 Å². The maximum absolute atomic E-state index is 14.7. The summed E-state index contributed by atoms with van der Waals surface area (Å²) < 4.78 is 54.1. The molecule has 3 rings (SSSR count). The standard InChI is InChI=1S/C16H19F3N4O2S/c1-23-15(20)22-16(7-3-4-12(16)26(23,2)25)10-8-9(5-6-11(10)17)21-14(24)13(18)19/h5-6,8,12-13H,2-4,7H2,1H3,(H2,20,22)(H,21,24). The summed E-state index contributed by atoms with van der Waals surface area (Å²) in [5.41, 5.74) is 4.78. The number of nitrogens with one attached hydrogen (secondary N) is 1. The fourth-order valence-electron chi connectivity index (χ4n) is 3.70. The van der Waals surface area contributed by atoms with Crippen molar-refractivity contribution in [2.75, 3.05) is 12.4 Å². The zero-order valence-electron chi connectivity index (χ0n) is 14.0. The summed E-state index contributed by atoms with van der Waals surface area (Å²) in [5.74, 6) is 1.65. The van der Waals surface area contributed by atoms with Crippen LogP contribution in [0.3, 0.4) is 0 Å². The minimum absolute atomic E-state index is 0.00925. The molecule has 3 N–H and O–H groups in total. The number of rotatable bonds is 3. The highest BCUT2D eigenvalue weighted by Crippen LogP contribution is 2.49. The number of fused-ring (bicyclic) bond motifs is 1.